The molecule has 162 valence electrons. The molecule has 1 saturated heterocycles. The van der Waals surface area contributed by atoms with Crippen LogP contribution in [-0.2, 0) is 10.0 Å². The summed E-state index contributed by atoms with van der Waals surface area (Å²) in [6.07, 6.45) is 1.14. The monoisotopic (exact) mass is 430 g/mol. The Labute approximate surface area is 179 Å². The largest absolute Gasteiger partial charge is 0.495 e. The molecule has 1 N–H and O–H groups in total. The number of nitrogens with zero attached hydrogens (tertiary/aromatic N) is 1. The summed E-state index contributed by atoms with van der Waals surface area (Å²) in [6, 6.07) is 9.04. The van der Waals surface area contributed by atoms with Gasteiger partial charge in [0.15, 0.2) is 0 Å². The Bertz CT molecular complexity index is 1060. The van der Waals surface area contributed by atoms with E-state index in [0.717, 1.165) is 22.3 Å². The van der Waals surface area contributed by atoms with Crippen molar-refractivity contribution < 1.29 is 17.9 Å². The SMILES string of the molecule is COc1cc(C)c(C)cc1S(=O)(=O)N1CCC(NC(=O)c2ccc(C)c(C)c2)CC1. The number of aryl methyl sites for hydroxylation is 4. The molecule has 0 bridgehead atoms. The van der Waals surface area contributed by atoms with E-state index in [0.29, 0.717) is 37.2 Å². The zero-order valence-electron chi connectivity index (χ0n) is 18.3. The molecular formula is C23H30N2O4S. The Balaban J connectivity index is 1.68. The van der Waals surface area contributed by atoms with E-state index in [9.17, 15) is 13.2 Å². The number of hydrogen-bond donors (Lipinski definition) is 1. The minimum atomic E-state index is -3.66. The highest BCUT2D eigenvalue weighted by atomic mass is 32.2. The predicted octanol–water partition coefficient (Wildman–Crippen LogP) is 3.51. The molecule has 0 radical (unpaired) electrons. The molecule has 2 aromatic carbocycles. The van der Waals surface area contributed by atoms with Gasteiger partial charge < -0.3 is 10.1 Å². The van der Waals surface area contributed by atoms with Gasteiger partial charge >= 0.3 is 0 Å². The summed E-state index contributed by atoms with van der Waals surface area (Å²) in [5.74, 6) is 0.249. The molecule has 0 aliphatic carbocycles. The molecule has 0 unspecified atom stereocenters. The van der Waals surface area contributed by atoms with Crippen LogP contribution in [0, 0.1) is 27.7 Å². The second kappa shape index (κ2) is 8.78. The van der Waals surface area contributed by atoms with Crippen LogP contribution < -0.4 is 10.1 Å². The van der Waals surface area contributed by atoms with Gasteiger partial charge in [-0.3, -0.25) is 4.79 Å². The average Bonchev–Trinajstić information content (AvgIpc) is 2.72. The third kappa shape index (κ3) is 4.52. The maximum absolute atomic E-state index is 13.2. The number of hydrogen-bond acceptors (Lipinski definition) is 4. The molecule has 0 spiro atoms. The molecule has 30 heavy (non-hydrogen) atoms. The van der Waals surface area contributed by atoms with Crippen LogP contribution in [0.2, 0.25) is 0 Å². The van der Waals surface area contributed by atoms with E-state index in [4.69, 9.17) is 4.74 Å². The topological polar surface area (TPSA) is 75.7 Å². The first-order valence-corrected chi connectivity index (χ1v) is 11.6. The van der Waals surface area contributed by atoms with E-state index >= 15 is 0 Å². The molecule has 1 fully saturated rings. The van der Waals surface area contributed by atoms with Crippen molar-refractivity contribution in [3.8, 4) is 5.75 Å². The fraction of sp³-hybridized carbons (Fsp3) is 0.435. The van der Waals surface area contributed by atoms with Crippen molar-refractivity contribution >= 4 is 15.9 Å². The van der Waals surface area contributed by atoms with E-state index in [1.807, 2.05) is 45.9 Å². The van der Waals surface area contributed by atoms with Gasteiger partial charge in [-0.1, -0.05) is 6.07 Å². The molecule has 0 aromatic heterocycles. The lowest BCUT2D eigenvalue weighted by molar-refractivity contribution is 0.0923. The molecule has 1 aliphatic rings. The number of rotatable bonds is 5. The van der Waals surface area contributed by atoms with Crippen molar-refractivity contribution in [1.29, 1.82) is 0 Å². The summed E-state index contributed by atoms with van der Waals surface area (Å²) in [5, 5.41) is 3.05. The van der Waals surface area contributed by atoms with Crippen molar-refractivity contribution in [1.82, 2.24) is 9.62 Å². The second-order valence-electron chi connectivity index (χ2n) is 8.04. The van der Waals surface area contributed by atoms with Gasteiger partial charge in [-0.05, 0) is 87.1 Å². The van der Waals surface area contributed by atoms with Gasteiger partial charge in [-0.2, -0.15) is 4.31 Å². The quantitative estimate of drug-likeness (QED) is 0.788. The summed E-state index contributed by atoms with van der Waals surface area (Å²) in [4.78, 5) is 12.8. The third-order valence-electron chi connectivity index (χ3n) is 5.96. The number of benzene rings is 2. The molecular weight excluding hydrogens is 400 g/mol. The molecule has 1 aliphatic heterocycles. The first-order valence-electron chi connectivity index (χ1n) is 10.2. The number of amides is 1. The molecule has 2 aromatic rings. The first kappa shape index (κ1) is 22.3. The zero-order valence-corrected chi connectivity index (χ0v) is 19.1. The van der Waals surface area contributed by atoms with E-state index in [1.54, 1.807) is 12.1 Å². The normalized spacial score (nSPS) is 15.8. The summed E-state index contributed by atoms with van der Waals surface area (Å²) in [5.41, 5.74) is 4.74. The first-order chi connectivity index (χ1) is 14.1. The highest BCUT2D eigenvalue weighted by Crippen LogP contribution is 2.31. The Morgan fingerprint density at radius 1 is 0.967 bits per heavy atom. The molecule has 0 saturated carbocycles. The van der Waals surface area contributed by atoms with E-state index in [-0.39, 0.29) is 16.8 Å². The molecule has 3 rings (SSSR count). The lowest BCUT2D eigenvalue weighted by Gasteiger charge is -2.32. The fourth-order valence-corrected chi connectivity index (χ4v) is 5.35. The number of methoxy groups -OCH3 is 1. The molecule has 6 nitrogen and oxygen atoms in total. The Morgan fingerprint density at radius 3 is 2.17 bits per heavy atom. The second-order valence-corrected chi connectivity index (χ2v) is 9.94. The van der Waals surface area contributed by atoms with Crippen LogP contribution in [0.15, 0.2) is 35.2 Å². The van der Waals surface area contributed by atoms with Crippen LogP contribution in [0.4, 0.5) is 0 Å². The van der Waals surface area contributed by atoms with Gasteiger partial charge in [0.2, 0.25) is 10.0 Å². The summed E-state index contributed by atoms with van der Waals surface area (Å²) in [7, 11) is -2.18. The van der Waals surface area contributed by atoms with Crippen LogP contribution in [0.25, 0.3) is 0 Å². The van der Waals surface area contributed by atoms with Crippen LogP contribution in [0.5, 0.6) is 5.75 Å². The number of nitrogens with one attached hydrogen (secondary N) is 1. The van der Waals surface area contributed by atoms with Crippen molar-refractivity contribution in [2.45, 2.75) is 51.5 Å². The molecule has 0 atom stereocenters. The molecule has 1 heterocycles. The Morgan fingerprint density at radius 2 is 1.57 bits per heavy atom. The van der Waals surface area contributed by atoms with Crippen molar-refractivity contribution in [2.24, 2.45) is 0 Å². The Hall–Kier alpha value is -2.38. The number of sulfonamides is 1. The highest BCUT2D eigenvalue weighted by molar-refractivity contribution is 7.89. The fourth-order valence-electron chi connectivity index (χ4n) is 3.66. The predicted molar refractivity (Wildman–Crippen MR) is 118 cm³/mol. The number of carbonyl (C=O) groups is 1. The summed E-state index contributed by atoms with van der Waals surface area (Å²) >= 11 is 0. The third-order valence-corrected chi connectivity index (χ3v) is 7.88. The van der Waals surface area contributed by atoms with Crippen molar-refractivity contribution in [3.05, 3.63) is 58.1 Å². The van der Waals surface area contributed by atoms with Crippen LogP contribution in [0.3, 0.4) is 0 Å². The van der Waals surface area contributed by atoms with Crippen LogP contribution in [0.1, 0.15) is 45.5 Å². The standard InChI is InChI=1S/C23H30N2O4S/c1-15-6-7-19(12-16(15)2)23(26)24-20-8-10-25(11-9-20)30(27,28)22-14-18(4)17(3)13-21(22)29-5/h6-7,12-14,20H,8-11H2,1-5H3,(H,24,26). The maximum Gasteiger partial charge on any atom is 0.251 e. The van der Waals surface area contributed by atoms with Gasteiger partial charge in [-0.15, -0.1) is 0 Å². The van der Waals surface area contributed by atoms with Gasteiger partial charge in [0.1, 0.15) is 10.6 Å². The number of ether oxygens (including phenoxy) is 1. The summed E-state index contributed by atoms with van der Waals surface area (Å²) in [6.45, 7) is 8.53. The van der Waals surface area contributed by atoms with Gasteiger partial charge in [0.25, 0.3) is 5.91 Å². The van der Waals surface area contributed by atoms with E-state index < -0.39 is 10.0 Å². The minimum absolute atomic E-state index is 0.0489. The lowest BCUT2D eigenvalue weighted by Crippen LogP contribution is -2.46. The van der Waals surface area contributed by atoms with Gasteiger partial charge in [-0.25, -0.2) is 8.42 Å². The average molecular weight is 431 g/mol. The van der Waals surface area contributed by atoms with Gasteiger partial charge in [0.05, 0.1) is 7.11 Å². The van der Waals surface area contributed by atoms with Crippen LogP contribution in [-0.4, -0.2) is 44.9 Å². The summed E-state index contributed by atoms with van der Waals surface area (Å²) < 4.78 is 33.2. The number of carbonyl (C=O) groups excluding carboxylic acids is 1. The minimum Gasteiger partial charge on any atom is -0.495 e. The van der Waals surface area contributed by atoms with Crippen molar-refractivity contribution in [2.75, 3.05) is 20.2 Å². The van der Waals surface area contributed by atoms with E-state index in [2.05, 4.69) is 5.32 Å². The van der Waals surface area contributed by atoms with Crippen molar-refractivity contribution in [3.63, 3.8) is 0 Å². The van der Waals surface area contributed by atoms with Gasteiger partial charge in [0, 0.05) is 24.7 Å². The zero-order chi connectivity index (χ0) is 22.1. The maximum atomic E-state index is 13.2. The highest BCUT2D eigenvalue weighted by Gasteiger charge is 2.32. The molecule has 7 heteroatoms. The smallest absolute Gasteiger partial charge is 0.251 e. The van der Waals surface area contributed by atoms with E-state index in [1.165, 1.54) is 11.4 Å². The molecule has 1 amide bonds. The Kier molecular flexibility index (Phi) is 6.53. The van der Waals surface area contributed by atoms with Crippen LogP contribution >= 0.6 is 0 Å². The number of piperidine rings is 1. The lowest BCUT2D eigenvalue weighted by atomic mass is 10.0.